The van der Waals surface area contributed by atoms with E-state index in [0.717, 1.165) is 32.8 Å². The largest absolute Gasteiger partial charge is 0.268 e. The van der Waals surface area contributed by atoms with Gasteiger partial charge >= 0.3 is 0 Å². The van der Waals surface area contributed by atoms with E-state index in [1.807, 2.05) is 25.1 Å². The quantitative estimate of drug-likeness (QED) is 0.250. The van der Waals surface area contributed by atoms with Gasteiger partial charge in [-0.25, -0.2) is 4.98 Å². The van der Waals surface area contributed by atoms with Gasteiger partial charge in [0, 0.05) is 20.9 Å². The number of aromatic nitrogens is 2. The van der Waals surface area contributed by atoms with Crippen molar-refractivity contribution in [3.63, 3.8) is 0 Å². The monoisotopic (exact) mass is 560 g/mol. The van der Waals surface area contributed by atoms with Gasteiger partial charge in [0.25, 0.3) is 5.56 Å². The maximum Gasteiger partial charge on any atom is 0.267 e. The van der Waals surface area contributed by atoms with Gasteiger partial charge in [0.05, 0.1) is 26.1 Å². The first-order valence-electron chi connectivity index (χ1n) is 10.9. The van der Waals surface area contributed by atoms with E-state index in [-0.39, 0.29) is 11.0 Å². The molecule has 3 nitrogen and oxygen atoms in total. The van der Waals surface area contributed by atoms with Crippen molar-refractivity contribution in [3.8, 4) is 5.69 Å². The molecule has 5 rings (SSSR count). The number of benzene rings is 2. The van der Waals surface area contributed by atoms with E-state index in [4.69, 9.17) is 51.4 Å². The molecule has 1 aliphatic carbocycles. The van der Waals surface area contributed by atoms with Crippen LogP contribution in [0.4, 0.5) is 0 Å². The highest BCUT2D eigenvalue weighted by Gasteiger charge is 2.33. The number of hydrogen-bond donors (Lipinski definition) is 0. The van der Waals surface area contributed by atoms with Crippen LogP contribution in [0.25, 0.3) is 28.1 Å². The number of thiophene rings is 1. The second-order valence-corrected chi connectivity index (χ2v) is 11.9. The van der Waals surface area contributed by atoms with Gasteiger partial charge in [-0.2, -0.15) is 0 Å². The van der Waals surface area contributed by atoms with Crippen LogP contribution in [0.1, 0.15) is 42.1 Å². The van der Waals surface area contributed by atoms with Crippen molar-refractivity contribution in [1.82, 2.24) is 9.55 Å². The molecule has 35 heavy (non-hydrogen) atoms. The molecule has 0 fully saturated rings. The van der Waals surface area contributed by atoms with Gasteiger partial charge in [-0.05, 0) is 60.9 Å². The maximum atomic E-state index is 13.9. The summed E-state index contributed by atoms with van der Waals surface area (Å²) in [6.45, 7) is 6.20. The molecule has 2 heterocycles. The molecule has 0 bridgehead atoms. The van der Waals surface area contributed by atoms with E-state index in [1.54, 1.807) is 40.2 Å². The number of aryl methyl sites for hydroxylation is 1. The zero-order valence-electron chi connectivity index (χ0n) is 19.1. The molecule has 0 aliphatic heterocycles. The van der Waals surface area contributed by atoms with Crippen LogP contribution >= 0.6 is 57.7 Å². The summed E-state index contributed by atoms with van der Waals surface area (Å²) in [7, 11) is 0. The number of fused-ring (bicyclic) bond motifs is 3. The Hall–Kier alpha value is -2.08. The lowest BCUT2D eigenvalue weighted by Gasteiger charge is -2.29. The second kappa shape index (κ2) is 9.10. The van der Waals surface area contributed by atoms with Crippen molar-refractivity contribution >= 4 is 80.1 Å². The van der Waals surface area contributed by atoms with Gasteiger partial charge in [0.15, 0.2) is 0 Å². The maximum absolute atomic E-state index is 13.9. The third-order valence-corrected chi connectivity index (χ3v) is 8.86. The van der Waals surface area contributed by atoms with Gasteiger partial charge < -0.3 is 0 Å². The SMILES string of the molecule is Cc1nc2sc3c(c2c(=O)n1-c1cc(Cl)ccc1Cl)C=C(/C=C/c1ccc(Cl)c(Cl)c1)CC3(C)C. The van der Waals surface area contributed by atoms with Crippen LogP contribution in [0, 0.1) is 6.92 Å². The van der Waals surface area contributed by atoms with E-state index in [0.29, 0.717) is 37.0 Å². The first-order chi connectivity index (χ1) is 16.5. The minimum absolute atomic E-state index is 0.157. The molecule has 178 valence electrons. The van der Waals surface area contributed by atoms with Gasteiger partial charge in [-0.1, -0.05) is 78.5 Å². The number of allylic oxidation sites excluding steroid dienone is 2. The Morgan fingerprint density at radius 2 is 1.74 bits per heavy atom. The molecule has 0 unspecified atom stereocenters. The molecular weight excluding hydrogens is 542 g/mol. The van der Waals surface area contributed by atoms with Crippen molar-refractivity contribution in [1.29, 1.82) is 0 Å². The van der Waals surface area contributed by atoms with Gasteiger partial charge in [-0.15, -0.1) is 11.3 Å². The van der Waals surface area contributed by atoms with Crippen LogP contribution in [0.15, 0.2) is 52.8 Å². The minimum atomic E-state index is -0.161. The zero-order valence-corrected chi connectivity index (χ0v) is 23.0. The fraction of sp³-hybridized carbons (Fsp3) is 0.185. The van der Waals surface area contributed by atoms with E-state index >= 15 is 0 Å². The minimum Gasteiger partial charge on any atom is -0.268 e. The van der Waals surface area contributed by atoms with E-state index in [9.17, 15) is 4.79 Å². The average molecular weight is 562 g/mol. The van der Waals surface area contributed by atoms with Crippen LogP contribution in [-0.2, 0) is 5.41 Å². The molecule has 0 N–H and O–H groups in total. The number of hydrogen-bond acceptors (Lipinski definition) is 3. The molecular formula is C27H20Cl4N2OS. The standard InChI is InChI=1S/C27H20Cl4N2OS/c1-14-32-25-23(26(34)33(14)22-12-17(28)7-9-20(22)30)18-10-16(13-27(2,3)24(18)35-25)5-4-15-6-8-19(29)21(31)11-15/h4-12H,13H2,1-3H3/b5-4+. The molecule has 0 atom stereocenters. The summed E-state index contributed by atoms with van der Waals surface area (Å²) in [5.74, 6) is 0.562. The lowest BCUT2D eigenvalue weighted by atomic mass is 9.77. The predicted molar refractivity (Wildman–Crippen MR) is 151 cm³/mol. The summed E-state index contributed by atoms with van der Waals surface area (Å²) in [5.41, 5.74) is 3.19. The van der Waals surface area contributed by atoms with Crippen LogP contribution in [0.2, 0.25) is 20.1 Å². The summed E-state index contributed by atoms with van der Waals surface area (Å²) in [4.78, 5) is 20.5. The van der Waals surface area contributed by atoms with Crippen LogP contribution in [0.3, 0.4) is 0 Å². The topological polar surface area (TPSA) is 34.9 Å². The fourth-order valence-corrected chi connectivity index (χ4v) is 6.47. The van der Waals surface area contributed by atoms with Crippen LogP contribution in [-0.4, -0.2) is 9.55 Å². The third-order valence-electron chi connectivity index (χ3n) is 6.10. The molecule has 4 aromatic rings. The molecule has 0 amide bonds. The lowest BCUT2D eigenvalue weighted by molar-refractivity contribution is 0.531. The number of nitrogens with zero attached hydrogens (tertiary/aromatic N) is 2. The second-order valence-electron chi connectivity index (χ2n) is 9.21. The van der Waals surface area contributed by atoms with Crippen molar-refractivity contribution in [2.75, 3.05) is 0 Å². The Morgan fingerprint density at radius 3 is 2.49 bits per heavy atom. The first kappa shape index (κ1) is 24.6. The van der Waals surface area contributed by atoms with E-state index in [2.05, 4.69) is 26.0 Å². The Bertz CT molecular complexity index is 1630. The van der Waals surface area contributed by atoms with E-state index < -0.39 is 0 Å². The summed E-state index contributed by atoms with van der Waals surface area (Å²) in [6, 6.07) is 10.6. The third kappa shape index (κ3) is 4.47. The van der Waals surface area contributed by atoms with Crippen molar-refractivity contribution < 1.29 is 0 Å². The van der Waals surface area contributed by atoms with E-state index in [1.165, 1.54) is 0 Å². The molecule has 0 radical (unpaired) electrons. The van der Waals surface area contributed by atoms with Crippen molar-refractivity contribution in [2.45, 2.75) is 32.6 Å². The molecule has 0 saturated carbocycles. The summed E-state index contributed by atoms with van der Waals surface area (Å²) < 4.78 is 1.55. The Morgan fingerprint density at radius 1 is 1.00 bits per heavy atom. The summed E-state index contributed by atoms with van der Waals surface area (Å²) >= 11 is 26.5. The first-order valence-corrected chi connectivity index (χ1v) is 13.2. The zero-order chi connectivity index (χ0) is 25.1. The highest BCUT2D eigenvalue weighted by molar-refractivity contribution is 7.19. The fourth-order valence-electron chi connectivity index (χ4n) is 4.51. The Labute approximate surface area is 227 Å². The highest BCUT2D eigenvalue weighted by Crippen LogP contribution is 2.46. The smallest absolute Gasteiger partial charge is 0.267 e. The summed E-state index contributed by atoms with van der Waals surface area (Å²) in [6.07, 6.45) is 7.01. The molecule has 8 heteroatoms. The normalized spacial score (nSPS) is 15.0. The number of rotatable bonds is 3. The Kier molecular flexibility index (Phi) is 6.40. The van der Waals surface area contributed by atoms with Crippen LogP contribution in [0.5, 0.6) is 0 Å². The molecule has 2 aromatic carbocycles. The van der Waals surface area contributed by atoms with Crippen molar-refractivity contribution in [3.05, 3.63) is 100 Å². The number of halogens is 4. The van der Waals surface area contributed by atoms with Crippen molar-refractivity contribution in [2.24, 2.45) is 0 Å². The molecule has 2 aromatic heterocycles. The van der Waals surface area contributed by atoms with Gasteiger partial charge in [0.2, 0.25) is 0 Å². The Balaban J connectivity index is 1.69. The van der Waals surface area contributed by atoms with Gasteiger partial charge in [0.1, 0.15) is 10.7 Å². The average Bonchev–Trinajstić information content (AvgIpc) is 3.16. The highest BCUT2D eigenvalue weighted by atomic mass is 35.5. The lowest BCUT2D eigenvalue weighted by Crippen LogP contribution is -2.24. The molecule has 1 aliphatic rings. The summed E-state index contributed by atoms with van der Waals surface area (Å²) in [5, 5.41) is 2.57. The molecule has 0 spiro atoms. The molecule has 0 saturated heterocycles. The van der Waals surface area contributed by atoms with Gasteiger partial charge in [-0.3, -0.25) is 9.36 Å². The predicted octanol–water partition coefficient (Wildman–Crippen LogP) is 9.15. The van der Waals surface area contributed by atoms with Crippen LogP contribution < -0.4 is 5.56 Å².